The largest absolute Gasteiger partial charge is 0.426 e. The zero-order valence-electron chi connectivity index (χ0n) is 35.5. The van der Waals surface area contributed by atoms with Crippen molar-refractivity contribution in [3.8, 4) is 0 Å². The molecule has 7 amide bonds. The van der Waals surface area contributed by atoms with Gasteiger partial charge < -0.3 is 41.1 Å². The predicted octanol–water partition coefficient (Wildman–Crippen LogP) is 3.28. The van der Waals surface area contributed by atoms with Gasteiger partial charge in [-0.05, 0) is 102 Å². The number of carbonyl (C=O) groups excluding carboxylic acids is 7. The van der Waals surface area contributed by atoms with E-state index in [-0.39, 0.29) is 42.7 Å². The first-order valence-electron chi connectivity index (χ1n) is 19.9. The smallest absolute Gasteiger partial charge is 0.361 e. The number of hydrogen-bond donors (Lipinski definition) is 5. The van der Waals surface area contributed by atoms with Gasteiger partial charge in [0.1, 0.15) is 35.7 Å². The van der Waals surface area contributed by atoms with E-state index >= 15 is 0 Å². The minimum atomic E-state index is -5.10. The highest BCUT2D eigenvalue weighted by Gasteiger charge is 2.58. The second kappa shape index (κ2) is 20.6. The summed E-state index contributed by atoms with van der Waals surface area (Å²) in [5, 5.41) is 13.6. The number of ether oxygens (including phenoxy) is 1. The van der Waals surface area contributed by atoms with Crippen LogP contribution in [0.2, 0.25) is 10.0 Å². The van der Waals surface area contributed by atoms with Gasteiger partial charge in [-0.25, -0.2) is 0 Å². The molecule has 1 saturated carbocycles. The molecule has 5 N–H and O–H groups in total. The van der Waals surface area contributed by atoms with Crippen LogP contribution in [0.15, 0.2) is 18.2 Å². The number of rotatable bonds is 12. The lowest BCUT2D eigenvalue weighted by atomic mass is 9.97. The average molecular weight is 893 g/mol. The molecule has 1 aliphatic heterocycles. The Morgan fingerprint density at radius 3 is 2.22 bits per heavy atom. The zero-order chi connectivity index (χ0) is 45.5. The van der Waals surface area contributed by atoms with Gasteiger partial charge in [-0.15, -0.1) is 0 Å². The maximum absolute atomic E-state index is 14.4. The fraction of sp³-hybridized carbons (Fsp3) is 0.675. The number of nitrogens with zero attached hydrogens (tertiary/aromatic N) is 2. The molecular weight excluding hydrogens is 834 g/mol. The van der Waals surface area contributed by atoms with Gasteiger partial charge in [0, 0.05) is 44.2 Å². The van der Waals surface area contributed by atoms with Gasteiger partial charge in [-0.2, -0.15) is 13.2 Å². The molecule has 1 heterocycles. The maximum atomic E-state index is 14.4. The van der Waals surface area contributed by atoms with Crippen molar-refractivity contribution >= 4 is 64.6 Å². The van der Waals surface area contributed by atoms with Gasteiger partial charge in [-0.1, -0.05) is 37.0 Å². The Balaban J connectivity index is 1.96. The molecule has 6 atom stereocenters. The van der Waals surface area contributed by atoms with Crippen molar-refractivity contribution in [3.63, 3.8) is 0 Å². The molecule has 0 spiro atoms. The van der Waals surface area contributed by atoms with E-state index in [1.807, 2.05) is 19.2 Å². The van der Waals surface area contributed by atoms with Gasteiger partial charge in [-0.3, -0.25) is 33.6 Å². The van der Waals surface area contributed by atoms with E-state index in [2.05, 4.69) is 26.0 Å². The minimum Gasteiger partial charge on any atom is -0.361 e. The summed E-state index contributed by atoms with van der Waals surface area (Å²) >= 11 is 12.7. The van der Waals surface area contributed by atoms with E-state index in [1.54, 1.807) is 18.2 Å². The lowest BCUT2D eigenvalue weighted by Gasteiger charge is -2.36. The van der Waals surface area contributed by atoms with Gasteiger partial charge in [0.15, 0.2) is 0 Å². The van der Waals surface area contributed by atoms with Crippen molar-refractivity contribution in [1.29, 1.82) is 0 Å². The normalized spacial score (nSPS) is 23.1. The molecule has 20 heteroatoms. The molecule has 1 aliphatic carbocycles. The summed E-state index contributed by atoms with van der Waals surface area (Å²) < 4.78 is 45.3. The van der Waals surface area contributed by atoms with Crippen LogP contribution in [-0.2, 0) is 44.7 Å². The van der Waals surface area contributed by atoms with E-state index in [0.29, 0.717) is 50.3 Å². The molecule has 0 bridgehead atoms. The molecule has 1 saturated heterocycles. The fourth-order valence-corrected chi connectivity index (χ4v) is 7.10. The summed E-state index contributed by atoms with van der Waals surface area (Å²) in [6, 6.07) is -1.63. The van der Waals surface area contributed by atoms with Crippen LogP contribution in [0.3, 0.4) is 0 Å². The van der Waals surface area contributed by atoms with Crippen LogP contribution in [0, 0.1) is 11.8 Å². The molecule has 0 radical (unpaired) electrons. The number of hydrogen-bond acceptors (Lipinski definition) is 8. The van der Waals surface area contributed by atoms with Gasteiger partial charge in [0.25, 0.3) is 5.91 Å². The molecular formula is C40H58Cl2F3N7O8. The van der Waals surface area contributed by atoms with Gasteiger partial charge >= 0.3 is 6.18 Å². The van der Waals surface area contributed by atoms with Crippen molar-refractivity contribution in [1.82, 2.24) is 36.4 Å². The van der Waals surface area contributed by atoms with Crippen molar-refractivity contribution in [2.24, 2.45) is 11.8 Å². The standard InChI is InChI=1S/C40H58Cl2F3N7O8/c1-21(2)18-27-34(56)52(8)29(20-24-19-25(41)15-16-26(24)42)33(55)50-38(4,5)36(58)46-17-11-10-12-28(32(54)48-27)51(7)35(57)30(23-13-14-23)49-31(53)22(3)47-37(59)39(6,60-9)40(43,44)45/h15-16,19,21-23,27-30H,10-14,17-18,20H2,1-9H3,(H,46,58)(H,47,59)(H,48,54)(H,49,53)(H,50,55)/t22-,27-,28-,29-,30-,39?/m0/s1. The summed E-state index contributed by atoms with van der Waals surface area (Å²) in [5.41, 5.74) is -4.21. The molecule has 2 fully saturated rings. The van der Waals surface area contributed by atoms with Crippen LogP contribution in [0.5, 0.6) is 0 Å². The lowest BCUT2D eigenvalue weighted by molar-refractivity contribution is -0.254. The monoisotopic (exact) mass is 891 g/mol. The average Bonchev–Trinajstić information content (AvgIpc) is 4.01. The second-order valence-corrected chi connectivity index (χ2v) is 17.5. The Kier molecular flexibility index (Phi) is 17.2. The molecule has 1 aromatic carbocycles. The van der Waals surface area contributed by atoms with E-state index in [4.69, 9.17) is 23.2 Å². The first-order chi connectivity index (χ1) is 27.7. The lowest BCUT2D eigenvalue weighted by Crippen LogP contribution is -2.62. The van der Waals surface area contributed by atoms with Crippen molar-refractivity contribution in [2.75, 3.05) is 27.7 Å². The summed E-state index contributed by atoms with van der Waals surface area (Å²) in [5.74, 6) is -6.21. The van der Waals surface area contributed by atoms with Crippen molar-refractivity contribution < 1.29 is 51.5 Å². The summed E-state index contributed by atoms with van der Waals surface area (Å²) in [6.07, 6.45) is -3.26. The summed E-state index contributed by atoms with van der Waals surface area (Å²) in [4.78, 5) is 98.6. The highest BCUT2D eigenvalue weighted by atomic mass is 35.5. The zero-order valence-corrected chi connectivity index (χ0v) is 37.0. The van der Waals surface area contributed by atoms with Crippen LogP contribution in [0.4, 0.5) is 13.2 Å². The molecule has 0 aromatic heterocycles. The predicted molar refractivity (Wildman–Crippen MR) is 217 cm³/mol. The van der Waals surface area contributed by atoms with Crippen LogP contribution in [-0.4, -0.2) is 126 Å². The Morgan fingerprint density at radius 2 is 1.65 bits per heavy atom. The van der Waals surface area contributed by atoms with Crippen LogP contribution in [0.1, 0.15) is 85.6 Å². The molecule has 15 nitrogen and oxygen atoms in total. The van der Waals surface area contributed by atoms with E-state index in [9.17, 15) is 46.7 Å². The number of alkyl halides is 3. The Labute approximate surface area is 358 Å². The number of likely N-dealkylation sites (N-methyl/N-ethyl adjacent to an activating group) is 2. The molecule has 60 heavy (non-hydrogen) atoms. The minimum absolute atomic E-state index is 0.0726. The number of benzene rings is 1. The molecule has 3 rings (SSSR count). The molecule has 2 aliphatic rings. The first kappa shape index (κ1) is 50.2. The topological polar surface area (TPSA) is 195 Å². The number of methoxy groups -OCH3 is 1. The second-order valence-electron chi connectivity index (χ2n) is 16.7. The Morgan fingerprint density at radius 1 is 1.02 bits per heavy atom. The Hall–Kier alpha value is -4.16. The number of amides is 7. The van der Waals surface area contributed by atoms with Crippen molar-refractivity contribution in [2.45, 2.75) is 134 Å². The quantitative estimate of drug-likeness (QED) is 0.211. The number of carbonyl (C=O) groups is 7. The third-order valence-corrected chi connectivity index (χ3v) is 11.6. The fourth-order valence-electron chi connectivity index (χ4n) is 6.71. The van der Waals surface area contributed by atoms with Crippen LogP contribution >= 0.6 is 23.2 Å². The van der Waals surface area contributed by atoms with Crippen molar-refractivity contribution in [3.05, 3.63) is 33.8 Å². The molecule has 1 aromatic rings. The summed E-state index contributed by atoms with van der Waals surface area (Å²) in [6.45, 7) is 8.57. The van der Waals surface area contributed by atoms with E-state index in [1.165, 1.54) is 32.8 Å². The maximum Gasteiger partial charge on any atom is 0.426 e. The highest BCUT2D eigenvalue weighted by Crippen LogP contribution is 2.35. The van der Waals surface area contributed by atoms with E-state index in [0.717, 1.165) is 11.8 Å². The van der Waals surface area contributed by atoms with Crippen LogP contribution in [0.25, 0.3) is 0 Å². The molecule has 1 unspecified atom stereocenters. The third-order valence-electron chi connectivity index (χ3n) is 11.0. The number of nitrogens with one attached hydrogen (secondary N) is 5. The number of halogens is 5. The SMILES string of the molecule is COC(C)(C(=O)N[C@@H](C)C(=O)N[C@H](C(=O)N(C)[C@H]1CCCCNC(=O)C(C)(C)NC(=O)[C@H](Cc2cc(Cl)ccc2Cl)N(C)C(=O)[C@H](CC(C)C)NC1=O)C1CC1)C(F)(F)F. The molecule has 336 valence electrons. The third kappa shape index (κ3) is 12.7. The van der Waals surface area contributed by atoms with Crippen LogP contribution < -0.4 is 26.6 Å². The highest BCUT2D eigenvalue weighted by molar-refractivity contribution is 6.33. The van der Waals surface area contributed by atoms with E-state index < -0.39 is 88.9 Å². The first-order valence-corrected chi connectivity index (χ1v) is 20.6. The Bertz CT molecular complexity index is 1780. The van der Waals surface area contributed by atoms with Gasteiger partial charge in [0.05, 0.1) is 0 Å². The van der Waals surface area contributed by atoms with Gasteiger partial charge in [0.2, 0.25) is 41.0 Å². The summed E-state index contributed by atoms with van der Waals surface area (Å²) in [7, 11) is 3.48.